The molecule has 0 amide bonds. The third-order valence-electron chi connectivity index (χ3n) is 1.72. The van der Waals surface area contributed by atoms with E-state index in [-0.39, 0.29) is 6.42 Å². The molecule has 0 N–H and O–H groups in total. The lowest BCUT2D eigenvalue weighted by Gasteiger charge is -2.01. The molecule has 0 atom stereocenters. The summed E-state index contributed by atoms with van der Waals surface area (Å²) in [5.41, 5.74) is 1.12. The molecule has 0 saturated carbocycles. The summed E-state index contributed by atoms with van der Waals surface area (Å²) in [5, 5.41) is 8.20. The van der Waals surface area contributed by atoms with Crippen molar-refractivity contribution in [1.82, 2.24) is 0 Å². The molecule has 0 heterocycles. The van der Waals surface area contributed by atoms with Gasteiger partial charge in [-0.3, -0.25) is 4.79 Å². The summed E-state index contributed by atoms with van der Waals surface area (Å²) in [4.78, 5) is 10.8. The lowest BCUT2D eigenvalue weighted by atomic mass is 10.2. The van der Waals surface area contributed by atoms with Crippen molar-refractivity contribution >= 4 is 5.97 Å². The first-order chi connectivity index (χ1) is 6.83. The van der Waals surface area contributed by atoms with Crippen LogP contribution in [0.2, 0.25) is 0 Å². The number of esters is 1. The van der Waals surface area contributed by atoms with E-state index in [2.05, 4.69) is 0 Å². The lowest BCUT2D eigenvalue weighted by molar-refractivity contribution is -0.142. The van der Waals surface area contributed by atoms with E-state index in [0.717, 1.165) is 5.56 Å². The van der Waals surface area contributed by atoms with Gasteiger partial charge >= 0.3 is 5.97 Å². The van der Waals surface area contributed by atoms with Crippen LogP contribution in [0.1, 0.15) is 12.0 Å². The van der Waals surface area contributed by atoms with Gasteiger partial charge in [0.15, 0.2) is 0 Å². The van der Waals surface area contributed by atoms with Crippen LogP contribution in [0.3, 0.4) is 0 Å². The first kappa shape index (κ1) is 10.3. The van der Waals surface area contributed by atoms with Crippen molar-refractivity contribution in [3.8, 4) is 6.07 Å². The molecule has 0 fully saturated rings. The molecule has 0 aliphatic heterocycles. The number of benzene rings is 1. The molecule has 1 aromatic carbocycles. The first-order valence-electron chi connectivity index (χ1n) is 4.39. The number of hydrogen-bond acceptors (Lipinski definition) is 3. The fourth-order valence-electron chi connectivity index (χ4n) is 1.04. The van der Waals surface area contributed by atoms with Crippen molar-refractivity contribution in [3.63, 3.8) is 0 Å². The third kappa shape index (κ3) is 3.72. The van der Waals surface area contributed by atoms with Crippen LogP contribution in [0.15, 0.2) is 30.3 Å². The standard InChI is InChI=1S/C11H11NO2/c12-8-6-11(13)14-9-7-10-4-2-1-3-5-10/h1-5H,6-7,9H2. The minimum absolute atomic E-state index is 0.172. The van der Waals surface area contributed by atoms with Crippen LogP contribution in [0.25, 0.3) is 0 Å². The van der Waals surface area contributed by atoms with E-state index in [9.17, 15) is 4.79 Å². The Hall–Kier alpha value is -1.82. The van der Waals surface area contributed by atoms with Gasteiger partial charge in [0, 0.05) is 6.42 Å². The Morgan fingerprint density at radius 1 is 1.36 bits per heavy atom. The largest absolute Gasteiger partial charge is 0.465 e. The van der Waals surface area contributed by atoms with Crippen molar-refractivity contribution in [2.75, 3.05) is 6.61 Å². The van der Waals surface area contributed by atoms with Gasteiger partial charge in [-0.05, 0) is 5.56 Å². The smallest absolute Gasteiger partial charge is 0.320 e. The van der Waals surface area contributed by atoms with E-state index >= 15 is 0 Å². The summed E-state index contributed by atoms with van der Waals surface area (Å²) in [7, 11) is 0. The average Bonchev–Trinajstić information content (AvgIpc) is 2.20. The van der Waals surface area contributed by atoms with E-state index in [0.29, 0.717) is 13.0 Å². The van der Waals surface area contributed by atoms with E-state index in [4.69, 9.17) is 10.00 Å². The summed E-state index contributed by atoms with van der Waals surface area (Å²) in [6, 6.07) is 11.5. The van der Waals surface area contributed by atoms with Crippen molar-refractivity contribution in [3.05, 3.63) is 35.9 Å². The van der Waals surface area contributed by atoms with E-state index < -0.39 is 5.97 Å². The number of rotatable bonds is 4. The predicted octanol–water partition coefficient (Wildman–Crippen LogP) is 1.69. The van der Waals surface area contributed by atoms with Crippen molar-refractivity contribution in [1.29, 1.82) is 5.26 Å². The summed E-state index contributed by atoms with van der Waals surface area (Å²) >= 11 is 0. The highest BCUT2D eigenvalue weighted by Crippen LogP contribution is 1.99. The molecule has 14 heavy (non-hydrogen) atoms. The van der Waals surface area contributed by atoms with Gasteiger partial charge in [-0.25, -0.2) is 0 Å². The zero-order valence-electron chi connectivity index (χ0n) is 7.77. The molecule has 0 radical (unpaired) electrons. The molecule has 3 heteroatoms. The quantitative estimate of drug-likeness (QED) is 0.677. The van der Waals surface area contributed by atoms with E-state index in [1.807, 2.05) is 30.3 Å². The zero-order valence-corrected chi connectivity index (χ0v) is 7.77. The Morgan fingerprint density at radius 3 is 2.71 bits per heavy atom. The second kappa shape index (κ2) is 5.76. The summed E-state index contributed by atoms with van der Waals surface area (Å²) < 4.78 is 4.82. The Kier molecular flexibility index (Phi) is 4.22. The number of ether oxygens (including phenoxy) is 1. The maximum atomic E-state index is 10.8. The Labute approximate surface area is 82.9 Å². The van der Waals surface area contributed by atoms with Gasteiger partial charge < -0.3 is 4.74 Å². The summed E-state index contributed by atoms with van der Waals surface area (Å²) in [5.74, 6) is -0.455. The van der Waals surface area contributed by atoms with E-state index in [1.165, 1.54) is 0 Å². The zero-order chi connectivity index (χ0) is 10.2. The Bertz CT molecular complexity index is 327. The fourth-order valence-corrected chi connectivity index (χ4v) is 1.04. The molecule has 0 aliphatic carbocycles. The number of hydrogen-bond donors (Lipinski definition) is 0. The highest BCUT2D eigenvalue weighted by molar-refractivity contribution is 5.71. The molecule has 0 aliphatic rings. The number of carbonyl (C=O) groups excluding carboxylic acids is 1. The van der Waals surface area contributed by atoms with Gasteiger partial charge in [0.1, 0.15) is 6.42 Å². The van der Waals surface area contributed by atoms with Crippen molar-refractivity contribution in [2.24, 2.45) is 0 Å². The number of nitriles is 1. The van der Waals surface area contributed by atoms with Crippen LogP contribution in [0.4, 0.5) is 0 Å². The number of carbonyl (C=O) groups is 1. The molecule has 72 valence electrons. The molecule has 0 saturated heterocycles. The normalized spacial score (nSPS) is 9.07. The first-order valence-corrected chi connectivity index (χ1v) is 4.39. The highest BCUT2D eigenvalue weighted by Gasteiger charge is 2.00. The maximum Gasteiger partial charge on any atom is 0.320 e. The molecule has 0 unspecified atom stereocenters. The van der Waals surface area contributed by atoms with Crippen molar-refractivity contribution < 1.29 is 9.53 Å². The number of nitrogens with zero attached hydrogens (tertiary/aromatic N) is 1. The molecule has 0 bridgehead atoms. The summed E-state index contributed by atoms with van der Waals surface area (Å²) in [6.07, 6.45) is 0.521. The monoisotopic (exact) mass is 189 g/mol. The topological polar surface area (TPSA) is 50.1 Å². The van der Waals surface area contributed by atoms with Crippen LogP contribution in [0.5, 0.6) is 0 Å². The molecule has 0 spiro atoms. The maximum absolute atomic E-state index is 10.8. The second-order valence-corrected chi connectivity index (χ2v) is 2.79. The average molecular weight is 189 g/mol. The molecule has 3 nitrogen and oxygen atoms in total. The van der Waals surface area contributed by atoms with Crippen LogP contribution in [0, 0.1) is 11.3 Å². The molecule has 1 rings (SSSR count). The van der Waals surface area contributed by atoms with Crippen LogP contribution < -0.4 is 0 Å². The molecule has 1 aromatic rings. The van der Waals surface area contributed by atoms with Crippen LogP contribution in [-0.2, 0) is 16.0 Å². The lowest BCUT2D eigenvalue weighted by Crippen LogP contribution is -2.06. The predicted molar refractivity (Wildman–Crippen MR) is 51.3 cm³/mol. The molecular weight excluding hydrogens is 178 g/mol. The van der Waals surface area contributed by atoms with Crippen LogP contribution >= 0.6 is 0 Å². The third-order valence-corrected chi connectivity index (χ3v) is 1.72. The SMILES string of the molecule is N#CCC(=O)OCCc1ccccc1. The Balaban J connectivity index is 2.23. The molecule has 0 aromatic heterocycles. The van der Waals surface area contributed by atoms with Gasteiger partial charge in [0.05, 0.1) is 12.7 Å². The van der Waals surface area contributed by atoms with Crippen LogP contribution in [-0.4, -0.2) is 12.6 Å². The van der Waals surface area contributed by atoms with Gasteiger partial charge in [-0.1, -0.05) is 30.3 Å². The van der Waals surface area contributed by atoms with Crippen molar-refractivity contribution in [2.45, 2.75) is 12.8 Å². The highest BCUT2D eigenvalue weighted by atomic mass is 16.5. The fraction of sp³-hybridized carbons (Fsp3) is 0.273. The van der Waals surface area contributed by atoms with Gasteiger partial charge in [0.25, 0.3) is 0 Å². The van der Waals surface area contributed by atoms with Gasteiger partial charge in [-0.2, -0.15) is 5.26 Å². The Morgan fingerprint density at radius 2 is 2.07 bits per heavy atom. The molecular formula is C11H11NO2. The minimum Gasteiger partial charge on any atom is -0.465 e. The summed E-state index contributed by atoms with van der Waals surface area (Å²) in [6.45, 7) is 0.338. The second-order valence-electron chi connectivity index (χ2n) is 2.79. The van der Waals surface area contributed by atoms with E-state index in [1.54, 1.807) is 6.07 Å². The van der Waals surface area contributed by atoms with Gasteiger partial charge in [0.2, 0.25) is 0 Å². The minimum atomic E-state index is -0.455. The van der Waals surface area contributed by atoms with Gasteiger partial charge in [-0.15, -0.1) is 0 Å².